The summed E-state index contributed by atoms with van der Waals surface area (Å²) in [7, 11) is -9.95. The zero-order valence-electron chi connectivity index (χ0n) is 63.4. The smallest absolute Gasteiger partial charge is 0.462 e. The second kappa shape index (κ2) is 73.5. The molecule has 0 amide bonds. The Morgan fingerprint density at radius 1 is 0.290 bits per heavy atom. The number of phosphoric ester groups is 2. The maximum Gasteiger partial charge on any atom is 0.472 e. The van der Waals surface area contributed by atoms with Crippen LogP contribution in [0, 0.1) is 0 Å². The molecule has 0 fully saturated rings. The van der Waals surface area contributed by atoms with Gasteiger partial charge in [-0.1, -0.05) is 286 Å². The van der Waals surface area contributed by atoms with Gasteiger partial charge in [-0.15, -0.1) is 0 Å². The van der Waals surface area contributed by atoms with Crippen LogP contribution in [0.2, 0.25) is 0 Å². The van der Waals surface area contributed by atoms with Crippen molar-refractivity contribution in [3.63, 3.8) is 0 Å². The molecule has 3 N–H and O–H groups in total. The van der Waals surface area contributed by atoms with Gasteiger partial charge < -0.3 is 33.8 Å². The molecular weight excluding hydrogens is 1310 g/mol. The Morgan fingerprint density at radius 3 is 0.820 bits per heavy atom. The number of rotatable bonds is 75. The fourth-order valence-electron chi connectivity index (χ4n) is 10.8. The Kier molecular flexibility index (Phi) is 70.8. The SMILES string of the molecule is CC/C=C\C/C=C\C/C=C\CCCCCCCCCC(=O)OCC(COP(=O)(O)OCC(O)COP(=O)(O)OCC(COC(=O)CCCCCCC/C=C\C/C=C\CCCCC)OC(=O)CCCCCCCCCCCCCCC)OC(=O)CCCCCCC/C=C\C/C=C\CCCCC. The molecule has 0 aromatic heterocycles. The van der Waals surface area contributed by atoms with Gasteiger partial charge in [-0.3, -0.25) is 37.3 Å². The minimum atomic E-state index is -4.98. The van der Waals surface area contributed by atoms with Crippen LogP contribution in [0.5, 0.6) is 0 Å². The van der Waals surface area contributed by atoms with Gasteiger partial charge in [0.25, 0.3) is 0 Å². The standard InChI is InChI=1S/C81H144O17P2/c1-5-9-13-17-21-25-29-33-36-37-40-43-46-50-54-58-62-66-79(84)92-72-77(98-81(86)68-64-60-56-52-48-44-39-35-31-27-23-19-15-11-7-3)74-96-100(89,90)94-70-75(82)69-93-99(87,88)95-73-76(97-80(85)67-63-59-55-51-47-41-32-28-24-20-16-12-8-4)71-91-78(83)65-61-57-53-49-45-42-38-34-30-26-22-18-14-10-6-2/h9,13,21-23,25-27,33-36,38-39,75-77,82H,5-8,10-12,14-20,24,28-32,37,40-74H2,1-4H3,(H,87,88)(H,89,90)/b13-9-,25-21-,26-22-,27-23-,36-33-,38-34-,39-35-. The van der Waals surface area contributed by atoms with E-state index >= 15 is 0 Å². The van der Waals surface area contributed by atoms with Crippen LogP contribution < -0.4 is 0 Å². The van der Waals surface area contributed by atoms with Crippen LogP contribution in [0.1, 0.15) is 349 Å². The molecule has 5 unspecified atom stereocenters. The molecule has 0 aliphatic heterocycles. The molecule has 5 atom stereocenters. The van der Waals surface area contributed by atoms with Gasteiger partial charge in [-0.2, -0.15) is 0 Å². The molecule has 0 saturated carbocycles. The molecule has 0 rings (SSSR count). The quantitative estimate of drug-likeness (QED) is 0.0169. The Labute approximate surface area is 608 Å². The van der Waals surface area contributed by atoms with Gasteiger partial charge in [-0.25, -0.2) is 9.13 Å². The number of carbonyl (C=O) groups is 4. The number of ether oxygens (including phenoxy) is 4. The van der Waals surface area contributed by atoms with E-state index < -0.39 is 97.5 Å². The summed E-state index contributed by atoms with van der Waals surface area (Å²) in [6.45, 7) is 4.72. The first-order valence-electron chi connectivity index (χ1n) is 39.8. The molecule has 0 aliphatic rings. The number of aliphatic hydroxyl groups is 1. The Balaban J connectivity index is 5.35. The molecule has 0 aromatic carbocycles. The third kappa shape index (κ3) is 72.6. The molecule has 100 heavy (non-hydrogen) atoms. The molecule has 0 spiro atoms. The van der Waals surface area contributed by atoms with E-state index in [9.17, 15) is 43.2 Å². The molecule has 19 heteroatoms. The summed E-state index contributed by atoms with van der Waals surface area (Å²) in [5, 5.41) is 10.6. The maximum absolute atomic E-state index is 13.1. The molecule has 17 nitrogen and oxygen atoms in total. The lowest BCUT2D eigenvalue weighted by Crippen LogP contribution is -2.30. The first-order chi connectivity index (χ1) is 48.7. The van der Waals surface area contributed by atoms with Gasteiger partial charge >= 0.3 is 39.5 Å². The van der Waals surface area contributed by atoms with Crippen LogP contribution in [0.3, 0.4) is 0 Å². The van der Waals surface area contributed by atoms with Crippen LogP contribution >= 0.6 is 15.6 Å². The first-order valence-corrected chi connectivity index (χ1v) is 42.8. The van der Waals surface area contributed by atoms with E-state index in [4.69, 9.17) is 37.0 Å². The van der Waals surface area contributed by atoms with Gasteiger partial charge in [0, 0.05) is 25.7 Å². The lowest BCUT2D eigenvalue weighted by atomic mass is 10.0. The number of allylic oxidation sites excluding steroid dienone is 14. The second-order valence-corrected chi connectivity index (χ2v) is 29.5. The van der Waals surface area contributed by atoms with Crippen LogP contribution in [-0.4, -0.2) is 96.7 Å². The lowest BCUT2D eigenvalue weighted by molar-refractivity contribution is -0.161. The van der Waals surface area contributed by atoms with Crippen molar-refractivity contribution >= 4 is 39.5 Å². The van der Waals surface area contributed by atoms with Gasteiger partial charge in [0.15, 0.2) is 12.2 Å². The Bertz CT molecular complexity index is 2230. The number of carbonyl (C=O) groups excluding carboxylic acids is 4. The van der Waals surface area contributed by atoms with E-state index in [1.165, 1.54) is 89.9 Å². The predicted molar refractivity (Wildman–Crippen MR) is 409 cm³/mol. The number of esters is 4. The van der Waals surface area contributed by atoms with E-state index in [-0.39, 0.29) is 25.7 Å². The van der Waals surface area contributed by atoms with E-state index in [1.54, 1.807) is 0 Å². The van der Waals surface area contributed by atoms with E-state index in [0.717, 1.165) is 180 Å². The summed E-state index contributed by atoms with van der Waals surface area (Å²) in [6.07, 6.45) is 75.5. The van der Waals surface area contributed by atoms with Gasteiger partial charge in [0.2, 0.25) is 0 Å². The zero-order chi connectivity index (χ0) is 73.2. The van der Waals surface area contributed by atoms with Crippen molar-refractivity contribution in [3.05, 3.63) is 85.1 Å². The van der Waals surface area contributed by atoms with Gasteiger partial charge in [0.1, 0.15) is 19.3 Å². The maximum atomic E-state index is 13.1. The highest BCUT2D eigenvalue weighted by Crippen LogP contribution is 2.45. The molecule has 0 radical (unpaired) electrons. The van der Waals surface area contributed by atoms with Crippen LogP contribution in [0.15, 0.2) is 85.1 Å². The van der Waals surface area contributed by atoms with Crippen molar-refractivity contribution in [2.24, 2.45) is 0 Å². The van der Waals surface area contributed by atoms with E-state index in [0.29, 0.717) is 25.7 Å². The monoisotopic (exact) mass is 1450 g/mol. The second-order valence-electron chi connectivity index (χ2n) is 26.6. The molecule has 0 aliphatic carbocycles. The number of hydrogen-bond acceptors (Lipinski definition) is 15. The molecular formula is C81H144O17P2. The lowest BCUT2D eigenvalue weighted by Gasteiger charge is -2.21. The largest absolute Gasteiger partial charge is 0.472 e. The predicted octanol–water partition coefficient (Wildman–Crippen LogP) is 23.0. The number of hydrogen-bond donors (Lipinski definition) is 3. The van der Waals surface area contributed by atoms with Crippen molar-refractivity contribution in [3.8, 4) is 0 Å². The fraction of sp³-hybridized carbons (Fsp3) is 0.778. The molecule has 0 heterocycles. The van der Waals surface area contributed by atoms with Crippen molar-refractivity contribution in [1.82, 2.24) is 0 Å². The molecule has 0 bridgehead atoms. The average Bonchev–Trinajstić information content (AvgIpc) is 1.06. The average molecular weight is 1450 g/mol. The minimum absolute atomic E-state index is 0.0779. The van der Waals surface area contributed by atoms with Crippen molar-refractivity contribution < 1.29 is 80.2 Å². The Hall–Kier alpha value is -3.76. The molecule has 0 aromatic rings. The summed E-state index contributed by atoms with van der Waals surface area (Å²) < 4.78 is 68.6. The van der Waals surface area contributed by atoms with E-state index in [1.807, 2.05) is 0 Å². The van der Waals surface area contributed by atoms with Crippen LogP contribution in [-0.2, 0) is 65.4 Å². The highest BCUT2D eigenvalue weighted by atomic mass is 31.2. The highest BCUT2D eigenvalue weighted by molar-refractivity contribution is 7.47. The topological polar surface area (TPSA) is 237 Å². The Morgan fingerprint density at radius 2 is 0.520 bits per heavy atom. The number of aliphatic hydroxyl groups excluding tert-OH is 1. The summed E-state index contributed by atoms with van der Waals surface area (Å²) >= 11 is 0. The summed E-state index contributed by atoms with van der Waals surface area (Å²) in [5.74, 6) is -2.19. The van der Waals surface area contributed by atoms with Crippen molar-refractivity contribution in [1.29, 1.82) is 0 Å². The van der Waals surface area contributed by atoms with Crippen molar-refractivity contribution in [2.75, 3.05) is 39.6 Å². The normalized spacial score (nSPS) is 14.3. The summed E-state index contributed by atoms with van der Waals surface area (Å²) in [4.78, 5) is 73.0. The van der Waals surface area contributed by atoms with Crippen molar-refractivity contribution in [2.45, 2.75) is 367 Å². The van der Waals surface area contributed by atoms with Crippen LogP contribution in [0.4, 0.5) is 0 Å². The minimum Gasteiger partial charge on any atom is -0.462 e. The van der Waals surface area contributed by atoms with E-state index in [2.05, 4.69) is 113 Å². The van der Waals surface area contributed by atoms with Gasteiger partial charge in [0.05, 0.1) is 26.4 Å². The van der Waals surface area contributed by atoms with Crippen LogP contribution in [0.25, 0.3) is 0 Å². The summed E-state index contributed by atoms with van der Waals surface area (Å²) in [6, 6.07) is 0. The number of unbranched alkanes of at least 4 members (excludes halogenated alkanes) is 35. The third-order valence-corrected chi connectivity index (χ3v) is 18.7. The highest BCUT2D eigenvalue weighted by Gasteiger charge is 2.30. The molecule has 580 valence electrons. The van der Waals surface area contributed by atoms with Gasteiger partial charge in [-0.05, 0) is 122 Å². The third-order valence-electron chi connectivity index (χ3n) is 16.8. The molecule has 0 saturated heterocycles. The summed E-state index contributed by atoms with van der Waals surface area (Å²) in [5.41, 5.74) is 0. The first kappa shape index (κ1) is 96.2. The zero-order valence-corrected chi connectivity index (χ0v) is 65.2. The fourth-order valence-corrected chi connectivity index (χ4v) is 12.3. The number of phosphoric acid groups is 2.